The van der Waals surface area contributed by atoms with Crippen molar-refractivity contribution >= 4 is 0 Å². The molecule has 0 radical (unpaired) electrons. The predicted molar refractivity (Wildman–Crippen MR) is 73.3 cm³/mol. The van der Waals surface area contributed by atoms with Crippen molar-refractivity contribution in [3.8, 4) is 0 Å². The van der Waals surface area contributed by atoms with Gasteiger partial charge in [-0.05, 0) is 43.1 Å². The van der Waals surface area contributed by atoms with Crippen LogP contribution in [0.1, 0.15) is 43.9 Å². The van der Waals surface area contributed by atoms with Crippen LogP contribution in [-0.2, 0) is 4.74 Å². The number of benzene rings is 1. The second kappa shape index (κ2) is 7.49. The van der Waals surface area contributed by atoms with Crippen LogP contribution in [0.4, 0.5) is 4.39 Å². The van der Waals surface area contributed by atoms with Gasteiger partial charge in [-0.3, -0.25) is 0 Å². The van der Waals surface area contributed by atoms with E-state index in [4.69, 9.17) is 4.74 Å². The first-order valence-corrected chi connectivity index (χ1v) is 6.65. The third kappa shape index (κ3) is 4.07. The number of hydrogen-bond donors (Lipinski definition) is 1. The van der Waals surface area contributed by atoms with Crippen molar-refractivity contribution in [3.05, 3.63) is 35.1 Å². The first kappa shape index (κ1) is 15.1. The van der Waals surface area contributed by atoms with Gasteiger partial charge in [0.2, 0.25) is 0 Å². The summed E-state index contributed by atoms with van der Waals surface area (Å²) in [5, 5.41) is 3.40. The van der Waals surface area contributed by atoms with Gasteiger partial charge in [-0.25, -0.2) is 4.39 Å². The molecule has 2 nitrogen and oxygen atoms in total. The summed E-state index contributed by atoms with van der Waals surface area (Å²) in [4.78, 5) is 0. The van der Waals surface area contributed by atoms with Gasteiger partial charge in [0.25, 0.3) is 0 Å². The highest BCUT2D eigenvalue weighted by Gasteiger charge is 2.22. The van der Waals surface area contributed by atoms with Crippen molar-refractivity contribution in [2.45, 2.75) is 45.8 Å². The Morgan fingerprint density at radius 2 is 2.00 bits per heavy atom. The normalized spacial score (nSPS) is 14.5. The first-order valence-electron chi connectivity index (χ1n) is 6.65. The van der Waals surface area contributed by atoms with Crippen molar-refractivity contribution in [3.63, 3.8) is 0 Å². The molecular weight excluding hydrogens is 229 g/mol. The Kier molecular flexibility index (Phi) is 6.30. The van der Waals surface area contributed by atoms with Gasteiger partial charge in [0.05, 0.1) is 12.1 Å². The second-order valence-electron chi connectivity index (χ2n) is 4.66. The molecule has 0 saturated carbocycles. The molecular formula is C15H24FNO. The summed E-state index contributed by atoms with van der Waals surface area (Å²) < 4.78 is 19.1. The first-order chi connectivity index (χ1) is 8.62. The van der Waals surface area contributed by atoms with Gasteiger partial charge in [0, 0.05) is 7.11 Å². The van der Waals surface area contributed by atoms with E-state index < -0.39 is 0 Å². The Morgan fingerprint density at radius 1 is 1.28 bits per heavy atom. The Balaban J connectivity index is 3.01. The predicted octanol–water partition coefficient (Wildman–Crippen LogP) is 3.60. The van der Waals surface area contributed by atoms with Crippen LogP contribution in [0, 0.1) is 12.7 Å². The Hall–Kier alpha value is -0.930. The topological polar surface area (TPSA) is 21.3 Å². The maximum Gasteiger partial charge on any atom is 0.123 e. The van der Waals surface area contributed by atoms with E-state index in [1.165, 1.54) is 0 Å². The zero-order valence-electron chi connectivity index (χ0n) is 11.8. The second-order valence-corrected chi connectivity index (χ2v) is 4.66. The molecule has 0 amide bonds. The Bertz CT molecular complexity index is 347. The third-order valence-corrected chi connectivity index (χ3v) is 3.10. The van der Waals surface area contributed by atoms with Crippen LogP contribution >= 0.6 is 0 Å². The lowest BCUT2D eigenvalue weighted by Gasteiger charge is -2.27. The molecule has 1 rings (SSSR count). The molecule has 0 aromatic heterocycles. The quantitative estimate of drug-likeness (QED) is 0.801. The van der Waals surface area contributed by atoms with Gasteiger partial charge in [0.15, 0.2) is 0 Å². The molecule has 0 aliphatic heterocycles. The van der Waals surface area contributed by atoms with E-state index in [0.717, 1.165) is 30.5 Å². The van der Waals surface area contributed by atoms with Crippen molar-refractivity contribution in [2.24, 2.45) is 0 Å². The Labute approximate surface area is 110 Å². The molecule has 0 aliphatic carbocycles. The molecule has 2 unspecified atom stereocenters. The number of methoxy groups -OCH3 is 1. The van der Waals surface area contributed by atoms with E-state index in [9.17, 15) is 4.39 Å². The van der Waals surface area contributed by atoms with Crippen molar-refractivity contribution < 1.29 is 9.13 Å². The molecule has 0 aliphatic rings. The van der Waals surface area contributed by atoms with Gasteiger partial charge in [0.1, 0.15) is 5.82 Å². The summed E-state index contributed by atoms with van der Waals surface area (Å²) in [7, 11) is 1.72. The van der Waals surface area contributed by atoms with E-state index in [2.05, 4.69) is 19.2 Å². The maximum absolute atomic E-state index is 13.5. The lowest BCUT2D eigenvalue weighted by molar-refractivity contribution is 0.0610. The van der Waals surface area contributed by atoms with E-state index in [-0.39, 0.29) is 18.0 Å². The zero-order chi connectivity index (χ0) is 13.5. The fourth-order valence-corrected chi connectivity index (χ4v) is 2.33. The lowest BCUT2D eigenvalue weighted by Crippen LogP contribution is -2.33. The zero-order valence-corrected chi connectivity index (χ0v) is 11.8. The van der Waals surface area contributed by atoms with Crippen LogP contribution < -0.4 is 5.32 Å². The number of aryl methyl sites for hydroxylation is 1. The number of halogens is 1. The smallest absolute Gasteiger partial charge is 0.123 e. The van der Waals surface area contributed by atoms with E-state index in [1.807, 2.05) is 13.0 Å². The molecule has 1 aromatic rings. The van der Waals surface area contributed by atoms with Crippen LogP contribution in [0.25, 0.3) is 0 Å². The molecule has 0 heterocycles. The molecule has 3 heteroatoms. The molecule has 0 bridgehead atoms. The molecule has 0 saturated heterocycles. The average Bonchev–Trinajstić information content (AvgIpc) is 2.32. The minimum atomic E-state index is -0.181. The number of nitrogens with one attached hydrogen (secondary N) is 1. The molecule has 0 fully saturated rings. The summed E-state index contributed by atoms with van der Waals surface area (Å²) in [5.74, 6) is -0.181. The third-order valence-electron chi connectivity index (χ3n) is 3.10. The van der Waals surface area contributed by atoms with Crippen molar-refractivity contribution in [1.82, 2.24) is 5.32 Å². The van der Waals surface area contributed by atoms with Crippen molar-refractivity contribution in [2.75, 3.05) is 13.7 Å². The van der Waals surface area contributed by atoms with Crippen LogP contribution in [-0.4, -0.2) is 19.8 Å². The van der Waals surface area contributed by atoms with Crippen molar-refractivity contribution in [1.29, 1.82) is 0 Å². The molecule has 18 heavy (non-hydrogen) atoms. The van der Waals surface area contributed by atoms with E-state index >= 15 is 0 Å². The largest absolute Gasteiger partial charge is 0.379 e. The summed E-state index contributed by atoms with van der Waals surface area (Å²) >= 11 is 0. The van der Waals surface area contributed by atoms with Crippen LogP contribution in [0.3, 0.4) is 0 Å². The summed E-state index contributed by atoms with van der Waals surface area (Å²) in [6.07, 6.45) is 2.09. The molecule has 2 atom stereocenters. The maximum atomic E-state index is 13.5. The molecule has 0 spiro atoms. The fraction of sp³-hybridized carbons (Fsp3) is 0.600. The van der Waals surface area contributed by atoms with Gasteiger partial charge in [-0.1, -0.05) is 26.3 Å². The van der Waals surface area contributed by atoms with Gasteiger partial charge in [-0.2, -0.15) is 0 Å². The van der Waals surface area contributed by atoms with E-state index in [0.29, 0.717) is 0 Å². The monoisotopic (exact) mass is 253 g/mol. The highest BCUT2D eigenvalue weighted by Crippen LogP contribution is 2.24. The van der Waals surface area contributed by atoms with Crippen LogP contribution in [0.2, 0.25) is 0 Å². The number of ether oxygens (including phenoxy) is 1. The van der Waals surface area contributed by atoms with E-state index in [1.54, 1.807) is 19.2 Å². The summed E-state index contributed by atoms with van der Waals surface area (Å²) in [6.45, 7) is 6.94. The minimum absolute atomic E-state index is 0.0503. The minimum Gasteiger partial charge on any atom is -0.379 e. The summed E-state index contributed by atoms with van der Waals surface area (Å²) in [6, 6.07) is 5.23. The van der Waals surface area contributed by atoms with Crippen LogP contribution in [0.5, 0.6) is 0 Å². The average molecular weight is 253 g/mol. The Morgan fingerprint density at radius 3 is 2.50 bits per heavy atom. The number of rotatable bonds is 7. The van der Waals surface area contributed by atoms with Gasteiger partial charge < -0.3 is 10.1 Å². The number of likely N-dealkylation sites (N-methyl/N-ethyl adjacent to an activating group) is 1. The van der Waals surface area contributed by atoms with Gasteiger partial charge >= 0.3 is 0 Å². The molecule has 1 N–H and O–H groups in total. The molecule has 1 aromatic carbocycles. The van der Waals surface area contributed by atoms with Gasteiger partial charge in [-0.15, -0.1) is 0 Å². The standard InChI is InChI=1S/C15H24FNO/c1-5-7-14(18-4)15(17-6-2)12-8-11(3)9-13(16)10-12/h8-10,14-15,17H,5-7H2,1-4H3. The number of hydrogen-bond acceptors (Lipinski definition) is 2. The highest BCUT2D eigenvalue weighted by atomic mass is 19.1. The molecule has 102 valence electrons. The SMILES string of the molecule is CCCC(OC)C(NCC)c1cc(C)cc(F)c1. The highest BCUT2D eigenvalue weighted by molar-refractivity contribution is 5.27. The summed E-state index contributed by atoms with van der Waals surface area (Å²) in [5.41, 5.74) is 1.91. The van der Waals surface area contributed by atoms with Crippen LogP contribution in [0.15, 0.2) is 18.2 Å². The fourth-order valence-electron chi connectivity index (χ4n) is 2.33. The lowest BCUT2D eigenvalue weighted by atomic mass is 9.96.